The summed E-state index contributed by atoms with van der Waals surface area (Å²) in [5.74, 6) is 0. The molecule has 1 aromatic carbocycles. The van der Waals surface area contributed by atoms with Gasteiger partial charge in [-0.2, -0.15) is 0 Å². The largest absolute Gasteiger partial charge is 0.388 e. The minimum Gasteiger partial charge on any atom is -0.388 e. The molecule has 18 heavy (non-hydrogen) atoms. The van der Waals surface area contributed by atoms with Crippen molar-refractivity contribution >= 4 is 31.9 Å². The van der Waals surface area contributed by atoms with E-state index in [4.69, 9.17) is 4.74 Å². The first-order valence-electron chi connectivity index (χ1n) is 6.41. The Balaban J connectivity index is 1.81. The number of aliphatic hydroxyl groups excluding tert-OH is 1. The molecule has 0 aromatic heterocycles. The zero-order valence-corrected chi connectivity index (χ0v) is 13.4. The van der Waals surface area contributed by atoms with E-state index in [-0.39, 0.29) is 6.10 Å². The van der Waals surface area contributed by atoms with Crippen molar-refractivity contribution in [2.45, 2.75) is 44.3 Å². The van der Waals surface area contributed by atoms with Crippen LogP contribution in [0.4, 0.5) is 0 Å². The highest BCUT2D eigenvalue weighted by Crippen LogP contribution is 2.27. The van der Waals surface area contributed by atoms with Crippen LogP contribution in [0.1, 0.15) is 43.8 Å². The van der Waals surface area contributed by atoms with Crippen LogP contribution in [-0.4, -0.2) is 17.8 Å². The molecule has 0 spiro atoms. The average molecular weight is 378 g/mol. The van der Waals surface area contributed by atoms with Gasteiger partial charge in [-0.1, -0.05) is 31.9 Å². The third-order valence-corrected chi connectivity index (χ3v) is 4.21. The van der Waals surface area contributed by atoms with E-state index in [0.29, 0.717) is 6.10 Å². The Morgan fingerprint density at radius 2 is 2.00 bits per heavy atom. The summed E-state index contributed by atoms with van der Waals surface area (Å²) in [5, 5.41) is 10.2. The molecule has 2 nitrogen and oxygen atoms in total. The lowest BCUT2D eigenvalue weighted by atomic mass is 10.0. The highest BCUT2D eigenvalue weighted by atomic mass is 79.9. The molecule has 2 rings (SSSR count). The Morgan fingerprint density at radius 3 is 2.61 bits per heavy atom. The summed E-state index contributed by atoms with van der Waals surface area (Å²) >= 11 is 6.88. The molecule has 1 heterocycles. The van der Waals surface area contributed by atoms with Gasteiger partial charge in [0, 0.05) is 15.6 Å². The van der Waals surface area contributed by atoms with E-state index in [9.17, 15) is 5.11 Å². The smallest absolute Gasteiger partial charge is 0.0790 e. The third kappa shape index (κ3) is 4.34. The maximum absolute atomic E-state index is 10.2. The van der Waals surface area contributed by atoms with E-state index >= 15 is 0 Å². The van der Waals surface area contributed by atoms with E-state index in [1.165, 1.54) is 12.8 Å². The van der Waals surface area contributed by atoms with Gasteiger partial charge in [0.05, 0.1) is 12.2 Å². The van der Waals surface area contributed by atoms with Crippen molar-refractivity contribution in [3.8, 4) is 0 Å². The first kappa shape index (κ1) is 14.5. The Bertz CT molecular complexity index is 369. The molecular formula is C14H18Br2O2. The number of rotatable bonds is 5. The summed E-state index contributed by atoms with van der Waals surface area (Å²) in [6.07, 6.45) is 5.27. The number of hydrogen-bond acceptors (Lipinski definition) is 2. The molecule has 2 atom stereocenters. The quantitative estimate of drug-likeness (QED) is 0.812. The number of halogens is 2. The van der Waals surface area contributed by atoms with Crippen LogP contribution in [0.5, 0.6) is 0 Å². The van der Waals surface area contributed by atoms with Gasteiger partial charge in [-0.15, -0.1) is 0 Å². The second kappa shape index (κ2) is 7.04. The van der Waals surface area contributed by atoms with Crippen LogP contribution in [0.3, 0.4) is 0 Å². The topological polar surface area (TPSA) is 29.5 Å². The van der Waals surface area contributed by atoms with Gasteiger partial charge >= 0.3 is 0 Å². The minimum atomic E-state index is -0.389. The summed E-state index contributed by atoms with van der Waals surface area (Å²) in [5.41, 5.74) is 0.962. The van der Waals surface area contributed by atoms with Crippen LogP contribution in [-0.2, 0) is 4.74 Å². The number of aliphatic hydroxyl groups is 1. The molecule has 1 aliphatic rings. The van der Waals surface area contributed by atoms with E-state index in [0.717, 1.165) is 40.4 Å². The summed E-state index contributed by atoms with van der Waals surface area (Å²) in [4.78, 5) is 0. The zero-order valence-electron chi connectivity index (χ0n) is 10.2. The molecular weight excluding hydrogens is 360 g/mol. The minimum absolute atomic E-state index is 0.389. The molecule has 1 fully saturated rings. The fourth-order valence-electron chi connectivity index (χ4n) is 2.35. The fraction of sp³-hybridized carbons (Fsp3) is 0.571. The molecule has 1 N–H and O–H groups in total. The number of benzene rings is 1. The van der Waals surface area contributed by atoms with Gasteiger partial charge in [-0.3, -0.25) is 0 Å². The molecule has 1 saturated heterocycles. The SMILES string of the molecule is OC(CCCC1CCCO1)c1cc(Br)cc(Br)c1. The number of hydrogen-bond donors (Lipinski definition) is 1. The monoisotopic (exact) mass is 376 g/mol. The van der Waals surface area contributed by atoms with Gasteiger partial charge in [0.1, 0.15) is 0 Å². The number of ether oxygens (including phenoxy) is 1. The van der Waals surface area contributed by atoms with Gasteiger partial charge in [0.2, 0.25) is 0 Å². The summed E-state index contributed by atoms with van der Waals surface area (Å²) in [6.45, 7) is 0.909. The van der Waals surface area contributed by atoms with Crippen molar-refractivity contribution in [2.75, 3.05) is 6.61 Å². The molecule has 0 saturated carbocycles. The van der Waals surface area contributed by atoms with Crippen LogP contribution in [0.25, 0.3) is 0 Å². The highest BCUT2D eigenvalue weighted by molar-refractivity contribution is 9.11. The van der Waals surface area contributed by atoms with Crippen LogP contribution in [0.2, 0.25) is 0 Å². The lowest BCUT2D eigenvalue weighted by Gasteiger charge is -2.14. The first-order valence-corrected chi connectivity index (χ1v) is 7.99. The van der Waals surface area contributed by atoms with Crippen LogP contribution in [0, 0.1) is 0 Å². The van der Waals surface area contributed by atoms with Gasteiger partial charge in [-0.05, 0) is 55.9 Å². The molecule has 0 amide bonds. The second-order valence-electron chi connectivity index (χ2n) is 4.78. The molecule has 100 valence electrons. The predicted octanol–water partition coefficient (Wildman–Crippen LogP) is 4.59. The predicted molar refractivity (Wildman–Crippen MR) is 79.6 cm³/mol. The second-order valence-corrected chi connectivity index (χ2v) is 6.62. The van der Waals surface area contributed by atoms with Crippen LogP contribution < -0.4 is 0 Å². The van der Waals surface area contributed by atoms with E-state index in [2.05, 4.69) is 31.9 Å². The molecule has 0 radical (unpaired) electrons. The standard InChI is InChI=1S/C14H18Br2O2/c15-11-7-10(8-12(16)9-11)14(17)5-1-3-13-4-2-6-18-13/h7-9,13-14,17H,1-6H2. The third-order valence-electron chi connectivity index (χ3n) is 3.30. The molecule has 2 unspecified atom stereocenters. The summed E-state index contributed by atoms with van der Waals surface area (Å²) in [6, 6.07) is 5.92. The first-order chi connectivity index (χ1) is 8.65. The normalized spacial score (nSPS) is 21.2. The maximum atomic E-state index is 10.2. The Morgan fingerprint density at radius 1 is 1.28 bits per heavy atom. The summed E-state index contributed by atoms with van der Waals surface area (Å²) in [7, 11) is 0. The Hall–Kier alpha value is 0.1000. The molecule has 1 aliphatic heterocycles. The lowest BCUT2D eigenvalue weighted by Crippen LogP contribution is -2.06. The van der Waals surface area contributed by atoms with Gasteiger partial charge in [0.15, 0.2) is 0 Å². The van der Waals surface area contributed by atoms with Crippen molar-refractivity contribution in [1.82, 2.24) is 0 Å². The van der Waals surface area contributed by atoms with Crippen LogP contribution in [0.15, 0.2) is 27.1 Å². The van der Waals surface area contributed by atoms with Gasteiger partial charge < -0.3 is 9.84 Å². The van der Waals surface area contributed by atoms with Crippen molar-refractivity contribution in [3.63, 3.8) is 0 Å². The Labute approximate surface area is 125 Å². The maximum Gasteiger partial charge on any atom is 0.0790 e. The van der Waals surface area contributed by atoms with E-state index in [1.807, 2.05) is 18.2 Å². The average Bonchev–Trinajstić information content (AvgIpc) is 2.80. The van der Waals surface area contributed by atoms with E-state index < -0.39 is 0 Å². The van der Waals surface area contributed by atoms with Crippen LogP contribution >= 0.6 is 31.9 Å². The lowest BCUT2D eigenvalue weighted by molar-refractivity contribution is 0.0944. The van der Waals surface area contributed by atoms with E-state index in [1.54, 1.807) is 0 Å². The molecule has 1 aromatic rings. The van der Waals surface area contributed by atoms with Crippen molar-refractivity contribution < 1.29 is 9.84 Å². The zero-order chi connectivity index (χ0) is 13.0. The Kier molecular flexibility index (Phi) is 5.67. The van der Waals surface area contributed by atoms with Crippen molar-refractivity contribution in [2.24, 2.45) is 0 Å². The van der Waals surface area contributed by atoms with Crippen molar-refractivity contribution in [3.05, 3.63) is 32.7 Å². The molecule has 0 bridgehead atoms. The molecule has 4 heteroatoms. The molecule has 0 aliphatic carbocycles. The fourth-order valence-corrected chi connectivity index (χ4v) is 3.67. The van der Waals surface area contributed by atoms with Gasteiger partial charge in [-0.25, -0.2) is 0 Å². The van der Waals surface area contributed by atoms with Crippen molar-refractivity contribution in [1.29, 1.82) is 0 Å². The highest BCUT2D eigenvalue weighted by Gasteiger charge is 2.16. The van der Waals surface area contributed by atoms with Gasteiger partial charge in [0.25, 0.3) is 0 Å². The summed E-state index contributed by atoms with van der Waals surface area (Å²) < 4.78 is 7.56.